The number of anilines is 1. The van der Waals surface area contributed by atoms with E-state index in [2.05, 4.69) is 0 Å². The predicted octanol–water partition coefficient (Wildman–Crippen LogP) is 4.05. The number of ether oxygens (including phenoxy) is 2. The van der Waals surface area contributed by atoms with Crippen molar-refractivity contribution in [3.05, 3.63) is 88.4 Å². The van der Waals surface area contributed by atoms with Gasteiger partial charge in [-0.15, -0.1) is 0 Å². The van der Waals surface area contributed by atoms with Gasteiger partial charge in [0.05, 0.1) is 36.2 Å². The molecule has 0 aliphatic carbocycles. The maximum atomic E-state index is 13.8. The topological polar surface area (TPSA) is 93.2 Å². The van der Waals surface area contributed by atoms with E-state index in [0.717, 1.165) is 4.31 Å². The van der Waals surface area contributed by atoms with Crippen molar-refractivity contribution in [1.82, 2.24) is 4.31 Å². The standard InChI is InChI=1S/C26H25ClN2O6S/c1-17-7-6-9-21(27)24(17)25(30)28-16-23(26(31)35-3)29(15-18-8-4-5-10-22(18)28)36(32,33)20-13-11-19(34-2)12-14-20/h4-14,23H,15-16H2,1-3H3. The van der Waals surface area contributed by atoms with Crippen LogP contribution in [0.1, 0.15) is 21.5 Å². The van der Waals surface area contributed by atoms with Crippen molar-refractivity contribution in [1.29, 1.82) is 0 Å². The number of carbonyl (C=O) groups is 2. The number of rotatable bonds is 5. The van der Waals surface area contributed by atoms with Crippen LogP contribution in [0.25, 0.3) is 0 Å². The van der Waals surface area contributed by atoms with Gasteiger partial charge in [-0.25, -0.2) is 8.42 Å². The highest BCUT2D eigenvalue weighted by molar-refractivity contribution is 7.89. The number of amides is 1. The minimum Gasteiger partial charge on any atom is -0.497 e. The molecule has 3 aromatic carbocycles. The summed E-state index contributed by atoms with van der Waals surface area (Å²) in [4.78, 5) is 28.2. The molecule has 36 heavy (non-hydrogen) atoms. The predicted molar refractivity (Wildman–Crippen MR) is 136 cm³/mol. The molecule has 1 aliphatic rings. The zero-order chi connectivity index (χ0) is 26.0. The van der Waals surface area contributed by atoms with Gasteiger partial charge in [0.25, 0.3) is 5.91 Å². The first-order chi connectivity index (χ1) is 17.2. The summed E-state index contributed by atoms with van der Waals surface area (Å²) in [5.74, 6) is -0.733. The molecule has 0 aromatic heterocycles. The van der Waals surface area contributed by atoms with Crippen molar-refractivity contribution >= 4 is 39.2 Å². The van der Waals surface area contributed by atoms with Gasteiger partial charge < -0.3 is 14.4 Å². The Morgan fingerprint density at radius 2 is 1.67 bits per heavy atom. The van der Waals surface area contributed by atoms with E-state index in [1.807, 2.05) is 0 Å². The van der Waals surface area contributed by atoms with Crippen LogP contribution in [0.3, 0.4) is 0 Å². The second-order valence-electron chi connectivity index (χ2n) is 8.24. The number of hydrogen-bond acceptors (Lipinski definition) is 6. The Bertz CT molecular complexity index is 1390. The molecule has 4 rings (SSSR count). The van der Waals surface area contributed by atoms with Crippen molar-refractivity contribution in [2.45, 2.75) is 24.4 Å². The van der Waals surface area contributed by atoms with Crippen molar-refractivity contribution in [3.8, 4) is 5.75 Å². The van der Waals surface area contributed by atoms with Gasteiger partial charge in [0.2, 0.25) is 10.0 Å². The summed E-state index contributed by atoms with van der Waals surface area (Å²) >= 11 is 6.39. The van der Waals surface area contributed by atoms with E-state index in [-0.39, 0.29) is 28.6 Å². The van der Waals surface area contributed by atoms with Gasteiger partial charge in [0, 0.05) is 12.2 Å². The number of hydrogen-bond donors (Lipinski definition) is 0. The fourth-order valence-corrected chi connectivity index (χ4v) is 6.09. The Hall–Kier alpha value is -3.40. The lowest BCUT2D eigenvalue weighted by atomic mass is 10.1. The van der Waals surface area contributed by atoms with E-state index in [1.165, 1.54) is 43.4 Å². The highest BCUT2D eigenvalue weighted by Crippen LogP contribution is 2.34. The molecule has 8 nitrogen and oxygen atoms in total. The first-order valence-corrected chi connectivity index (χ1v) is 12.9. The zero-order valence-corrected chi connectivity index (χ0v) is 21.5. The number of carbonyl (C=O) groups excluding carboxylic acids is 2. The molecule has 0 spiro atoms. The largest absolute Gasteiger partial charge is 0.497 e. The summed E-state index contributed by atoms with van der Waals surface area (Å²) in [5, 5.41) is 0.263. The molecule has 1 atom stereocenters. The maximum absolute atomic E-state index is 13.8. The van der Waals surface area contributed by atoms with Gasteiger partial charge in [-0.05, 0) is 54.4 Å². The smallest absolute Gasteiger partial charge is 0.326 e. The third kappa shape index (κ3) is 4.69. The third-order valence-electron chi connectivity index (χ3n) is 6.13. The van der Waals surface area contributed by atoms with Crippen LogP contribution in [-0.4, -0.2) is 51.4 Å². The molecule has 0 radical (unpaired) electrons. The van der Waals surface area contributed by atoms with Crippen molar-refractivity contribution in [3.63, 3.8) is 0 Å². The molecule has 188 valence electrons. The van der Waals surface area contributed by atoms with Gasteiger partial charge in [-0.2, -0.15) is 4.31 Å². The molecule has 0 N–H and O–H groups in total. The first-order valence-electron chi connectivity index (χ1n) is 11.1. The second kappa shape index (κ2) is 10.3. The fourth-order valence-electron chi connectivity index (χ4n) is 4.24. The van der Waals surface area contributed by atoms with Crippen LogP contribution in [0.4, 0.5) is 5.69 Å². The molecule has 1 aliphatic heterocycles. The molecule has 0 fully saturated rings. The number of fused-ring (bicyclic) bond motifs is 1. The Balaban J connectivity index is 1.86. The third-order valence-corrected chi connectivity index (χ3v) is 8.32. The Morgan fingerprint density at radius 1 is 0.972 bits per heavy atom. The first kappa shape index (κ1) is 25.7. The quantitative estimate of drug-likeness (QED) is 0.464. The van der Waals surface area contributed by atoms with E-state index in [9.17, 15) is 18.0 Å². The van der Waals surface area contributed by atoms with Gasteiger partial charge in [0.1, 0.15) is 11.8 Å². The number of sulfonamides is 1. The molecule has 10 heteroatoms. The van der Waals surface area contributed by atoms with Crippen molar-refractivity contribution in [2.75, 3.05) is 25.7 Å². The lowest BCUT2D eigenvalue weighted by Gasteiger charge is -2.29. The SMILES string of the molecule is COC(=O)C1CN(C(=O)c2c(C)cccc2Cl)c2ccccc2CN1S(=O)(=O)c1ccc(OC)cc1. The summed E-state index contributed by atoms with van der Waals surface area (Å²) in [6.07, 6.45) is 0. The van der Waals surface area contributed by atoms with E-state index < -0.39 is 27.9 Å². The maximum Gasteiger partial charge on any atom is 0.326 e. The normalized spacial score (nSPS) is 16.1. The molecule has 1 heterocycles. The molecule has 1 unspecified atom stereocenters. The number of esters is 1. The number of para-hydroxylation sites is 1. The van der Waals surface area contributed by atoms with E-state index >= 15 is 0 Å². The van der Waals surface area contributed by atoms with Crippen LogP contribution in [0.2, 0.25) is 5.02 Å². The Labute approximate surface area is 215 Å². The number of nitrogens with zero attached hydrogens (tertiary/aromatic N) is 2. The Kier molecular flexibility index (Phi) is 7.35. The van der Waals surface area contributed by atoms with E-state index in [4.69, 9.17) is 21.1 Å². The van der Waals surface area contributed by atoms with Crippen LogP contribution >= 0.6 is 11.6 Å². The molecule has 0 saturated heterocycles. The summed E-state index contributed by atoms with van der Waals surface area (Å²) in [6, 6.07) is 16.6. The highest BCUT2D eigenvalue weighted by Gasteiger charge is 2.42. The summed E-state index contributed by atoms with van der Waals surface area (Å²) in [5.41, 5.74) is 1.98. The van der Waals surface area contributed by atoms with Crippen LogP contribution in [0.5, 0.6) is 5.75 Å². The second-order valence-corrected chi connectivity index (χ2v) is 10.5. The molecule has 0 saturated carbocycles. The number of benzene rings is 3. The molecule has 0 bridgehead atoms. The summed E-state index contributed by atoms with van der Waals surface area (Å²) < 4.78 is 38.8. The van der Waals surface area contributed by atoms with Gasteiger partial charge in [-0.3, -0.25) is 9.59 Å². The average Bonchev–Trinajstić information content (AvgIpc) is 3.06. The van der Waals surface area contributed by atoms with Gasteiger partial charge >= 0.3 is 5.97 Å². The van der Waals surface area contributed by atoms with Gasteiger partial charge in [0.15, 0.2) is 0 Å². The van der Waals surface area contributed by atoms with Crippen LogP contribution in [-0.2, 0) is 26.1 Å². The highest BCUT2D eigenvalue weighted by atomic mass is 35.5. The van der Waals surface area contributed by atoms with Crippen LogP contribution in [0, 0.1) is 6.92 Å². The van der Waals surface area contributed by atoms with Crippen LogP contribution in [0.15, 0.2) is 71.6 Å². The molecule has 3 aromatic rings. The minimum absolute atomic E-state index is 0.0172. The molecular formula is C26H25ClN2O6S. The zero-order valence-electron chi connectivity index (χ0n) is 20.0. The lowest BCUT2D eigenvalue weighted by Crippen LogP contribution is -2.50. The van der Waals surface area contributed by atoms with Crippen molar-refractivity contribution < 1.29 is 27.5 Å². The average molecular weight is 529 g/mol. The monoisotopic (exact) mass is 528 g/mol. The molecular weight excluding hydrogens is 504 g/mol. The number of aryl methyl sites for hydroxylation is 1. The number of halogens is 1. The Morgan fingerprint density at radius 3 is 2.31 bits per heavy atom. The van der Waals surface area contributed by atoms with Crippen LogP contribution < -0.4 is 9.64 Å². The molecule has 1 amide bonds. The summed E-state index contributed by atoms with van der Waals surface area (Å²) in [6.45, 7) is 1.36. The minimum atomic E-state index is -4.17. The van der Waals surface area contributed by atoms with Crippen molar-refractivity contribution in [2.24, 2.45) is 0 Å². The lowest BCUT2D eigenvalue weighted by molar-refractivity contribution is -0.144. The summed E-state index contributed by atoms with van der Waals surface area (Å²) in [7, 11) is -1.51. The van der Waals surface area contributed by atoms with Gasteiger partial charge in [-0.1, -0.05) is 41.9 Å². The van der Waals surface area contributed by atoms with E-state index in [0.29, 0.717) is 22.6 Å². The number of methoxy groups -OCH3 is 2. The van der Waals surface area contributed by atoms with E-state index in [1.54, 1.807) is 49.4 Å². The fraction of sp³-hybridized carbons (Fsp3) is 0.231.